The van der Waals surface area contributed by atoms with Crippen molar-refractivity contribution in [3.05, 3.63) is 75.6 Å². The minimum atomic E-state index is 0.549. The predicted octanol–water partition coefficient (Wildman–Crippen LogP) is 7.97. The Labute approximate surface area is 172 Å². The van der Waals surface area contributed by atoms with Crippen molar-refractivity contribution in [3.63, 3.8) is 0 Å². The van der Waals surface area contributed by atoms with Gasteiger partial charge < -0.3 is 5.32 Å². The fourth-order valence-corrected chi connectivity index (χ4v) is 4.52. The number of thiazole rings is 1. The lowest BCUT2D eigenvalue weighted by atomic mass is 10.1. The molecule has 0 saturated carbocycles. The van der Waals surface area contributed by atoms with E-state index in [4.69, 9.17) is 28.2 Å². The summed E-state index contributed by atoms with van der Waals surface area (Å²) >= 11 is 14.0. The zero-order valence-electron chi connectivity index (χ0n) is 14.8. The summed E-state index contributed by atoms with van der Waals surface area (Å²) in [4.78, 5) is 6.13. The number of rotatable bonds is 5. The molecule has 0 fully saturated rings. The van der Waals surface area contributed by atoms with Crippen molar-refractivity contribution in [1.29, 1.82) is 0 Å². The summed E-state index contributed by atoms with van der Waals surface area (Å²) < 4.78 is 0. The van der Waals surface area contributed by atoms with E-state index in [1.807, 2.05) is 18.2 Å². The van der Waals surface area contributed by atoms with E-state index in [0.29, 0.717) is 10.0 Å². The first kappa shape index (κ1) is 18.3. The third-order valence-electron chi connectivity index (χ3n) is 4.40. The van der Waals surface area contributed by atoms with Crippen LogP contribution in [0.4, 0.5) is 10.8 Å². The van der Waals surface area contributed by atoms with Crippen molar-refractivity contribution >= 4 is 56.1 Å². The Morgan fingerprint density at radius 2 is 1.78 bits per heavy atom. The van der Waals surface area contributed by atoms with Gasteiger partial charge in [0, 0.05) is 21.5 Å². The van der Waals surface area contributed by atoms with Crippen LogP contribution < -0.4 is 5.32 Å². The van der Waals surface area contributed by atoms with Crippen molar-refractivity contribution in [1.82, 2.24) is 4.98 Å². The number of hydrogen-bond acceptors (Lipinski definition) is 3. The zero-order chi connectivity index (χ0) is 18.8. The normalized spacial score (nSPS) is 11.1. The molecule has 0 bridgehead atoms. The first-order valence-corrected chi connectivity index (χ1v) is 10.4. The van der Waals surface area contributed by atoms with Gasteiger partial charge in [-0.05, 0) is 30.0 Å². The number of nitrogens with one attached hydrogen (secondary N) is 1. The molecule has 0 aliphatic carbocycles. The van der Waals surface area contributed by atoms with Crippen molar-refractivity contribution in [2.24, 2.45) is 0 Å². The van der Waals surface area contributed by atoms with Gasteiger partial charge in [-0.25, -0.2) is 4.98 Å². The maximum atomic E-state index is 6.22. The molecule has 0 aliphatic heterocycles. The molecule has 1 heterocycles. The summed E-state index contributed by atoms with van der Waals surface area (Å²) in [5.74, 6) is 0. The predicted molar refractivity (Wildman–Crippen MR) is 119 cm³/mol. The molecule has 0 spiro atoms. The molecule has 5 heteroatoms. The van der Waals surface area contributed by atoms with E-state index < -0.39 is 0 Å². The van der Waals surface area contributed by atoms with Gasteiger partial charge in [0.2, 0.25) is 0 Å². The first-order valence-electron chi connectivity index (χ1n) is 8.85. The van der Waals surface area contributed by atoms with Gasteiger partial charge in [0.1, 0.15) is 0 Å². The SMILES string of the molecule is CCCc1sc(Nc2cccc3ccccc23)nc1-c1ccc(Cl)c(Cl)c1. The molecule has 0 atom stereocenters. The van der Waals surface area contributed by atoms with E-state index in [1.165, 1.54) is 15.6 Å². The van der Waals surface area contributed by atoms with E-state index in [-0.39, 0.29) is 0 Å². The van der Waals surface area contributed by atoms with Crippen LogP contribution in [0, 0.1) is 0 Å². The molecule has 4 rings (SSSR count). The molecule has 1 aromatic heterocycles. The number of anilines is 2. The highest BCUT2D eigenvalue weighted by Crippen LogP contribution is 2.37. The lowest BCUT2D eigenvalue weighted by Crippen LogP contribution is -1.91. The van der Waals surface area contributed by atoms with Gasteiger partial charge in [0.25, 0.3) is 0 Å². The van der Waals surface area contributed by atoms with Crippen molar-refractivity contribution in [2.75, 3.05) is 5.32 Å². The molecule has 27 heavy (non-hydrogen) atoms. The van der Waals surface area contributed by atoms with E-state index in [2.05, 4.69) is 54.7 Å². The van der Waals surface area contributed by atoms with Crippen LogP contribution in [0.25, 0.3) is 22.0 Å². The molecule has 0 unspecified atom stereocenters. The smallest absolute Gasteiger partial charge is 0.187 e. The quantitative estimate of drug-likeness (QED) is 0.359. The van der Waals surface area contributed by atoms with Gasteiger partial charge in [-0.15, -0.1) is 11.3 Å². The third kappa shape index (κ3) is 3.81. The minimum absolute atomic E-state index is 0.549. The number of halogens is 2. The summed E-state index contributed by atoms with van der Waals surface area (Å²) in [6.45, 7) is 2.18. The van der Waals surface area contributed by atoms with Crippen LogP contribution >= 0.6 is 34.5 Å². The van der Waals surface area contributed by atoms with Gasteiger partial charge in [0.05, 0.1) is 15.7 Å². The Kier molecular flexibility index (Phi) is 5.35. The van der Waals surface area contributed by atoms with Crippen LogP contribution in [0.2, 0.25) is 10.0 Å². The molecule has 0 radical (unpaired) electrons. The molecule has 3 aromatic carbocycles. The van der Waals surface area contributed by atoms with Gasteiger partial charge in [0.15, 0.2) is 5.13 Å². The lowest BCUT2D eigenvalue weighted by Gasteiger charge is -2.07. The second-order valence-corrected chi connectivity index (χ2v) is 8.22. The molecule has 0 amide bonds. The average Bonchev–Trinajstić information content (AvgIpc) is 3.07. The standard InChI is InChI=1S/C22H18Cl2N2S/c1-2-6-20-21(15-11-12-17(23)18(24)13-15)26-22(27-20)25-19-10-5-8-14-7-3-4-9-16(14)19/h3-5,7-13H,2,6H2,1H3,(H,25,26). The highest BCUT2D eigenvalue weighted by Gasteiger charge is 2.14. The summed E-state index contributed by atoms with van der Waals surface area (Å²) in [6.07, 6.45) is 2.04. The number of aromatic nitrogens is 1. The van der Waals surface area contributed by atoms with Crippen LogP contribution in [-0.2, 0) is 6.42 Å². The van der Waals surface area contributed by atoms with E-state index in [1.54, 1.807) is 11.3 Å². The first-order chi connectivity index (χ1) is 13.2. The van der Waals surface area contributed by atoms with E-state index in [0.717, 1.165) is 34.9 Å². The Hall–Kier alpha value is -2.07. The van der Waals surface area contributed by atoms with E-state index >= 15 is 0 Å². The van der Waals surface area contributed by atoms with Crippen LogP contribution in [0.15, 0.2) is 60.7 Å². The zero-order valence-corrected chi connectivity index (χ0v) is 17.1. The summed E-state index contributed by atoms with van der Waals surface area (Å²) in [6, 6.07) is 20.3. The molecule has 0 aliphatic rings. The number of hydrogen-bond donors (Lipinski definition) is 1. The molecule has 0 saturated heterocycles. The second-order valence-electron chi connectivity index (χ2n) is 6.32. The molecular weight excluding hydrogens is 395 g/mol. The topological polar surface area (TPSA) is 24.9 Å². The summed E-state index contributed by atoms with van der Waals surface area (Å²) in [7, 11) is 0. The largest absolute Gasteiger partial charge is 0.331 e. The highest BCUT2D eigenvalue weighted by atomic mass is 35.5. The highest BCUT2D eigenvalue weighted by molar-refractivity contribution is 7.16. The van der Waals surface area contributed by atoms with E-state index in [9.17, 15) is 0 Å². The van der Waals surface area contributed by atoms with Crippen molar-refractivity contribution < 1.29 is 0 Å². The van der Waals surface area contributed by atoms with Crippen molar-refractivity contribution in [2.45, 2.75) is 19.8 Å². The molecule has 1 N–H and O–H groups in total. The van der Waals surface area contributed by atoms with Crippen LogP contribution in [0.5, 0.6) is 0 Å². The van der Waals surface area contributed by atoms with Gasteiger partial charge in [-0.2, -0.15) is 0 Å². The summed E-state index contributed by atoms with van der Waals surface area (Å²) in [5.41, 5.74) is 3.03. The maximum absolute atomic E-state index is 6.22. The lowest BCUT2D eigenvalue weighted by molar-refractivity contribution is 0.938. The van der Waals surface area contributed by atoms with Gasteiger partial charge >= 0.3 is 0 Å². The molecule has 4 aromatic rings. The summed E-state index contributed by atoms with van der Waals surface area (Å²) in [5, 5.41) is 7.89. The minimum Gasteiger partial charge on any atom is -0.331 e. The number of aryl methyl sites for hydroxylation is 1. The third-order valence-corrected chi connectivity index (χ3v) is 6.17. The van der Waals surface area contributed by atoms with Crippen molar-refractivity contribution in [3.8, 4) is 11.3 Å². The number of nitrogens with zero attached hydrogens (tertiary/aromatic N) is 1. The van der Waals surface area contributed by atoms with Crippen LogP contribution in [0.3, 0.4) is 0 Å². The van der Waals surface area contributed by atoms with Gasteiger partial charge in [-0.1, -0.05) is 79.0 Å². The monoisotopic (exact) mass is 412 g/mol. The average molecular weight is 413 g/mol. The Morgan fingerprint density at radius 1 is 0.963 bits per heavy atom. The van der Waals surface area contributed by atoms with Gasteiger partial charge in [-0.3, -0.25) is 0 Å². The fourth-order valence-electron chi connectivity index (χ4n) is 3.12. The fraction of sp³-hybridized carbons (Fsp3) is 0.136. The van der Waals surface area contributed by atoms with Crippen LogP contribution in [0.1, 0.15) is 18.2 Å². The Morgan fingerprint density at radius 3 is 2.59 bits per heavy atom. The molecule has 136 valence electrons. The number of fused-ring (bicyclic) bond motifs is 1. The second kappa shape index (κ2) is 7.89. The molecular formula is C22H18Cl2N2S. The number of benzene rings is 3. The molecule has 2 nitrogen and oxygen atoms in total. The Balaban J connectivity index is 1.74. The Bertz CT molecular complexity index is 1100. The van der Waals surface area contributed by atoms with Crippen LogP contribution in [-0.4, -0.2) is 4.98 Å². The maximum Gasteiger partial charge on any atom is 0.187 e.